The second kappa shape index (κ2) is 13.3. The zero-order valence-electron chi connectivity index (χ0n) is 22.1. The summed E-state index contributed by atoms with van der Waals surface area (Å²) in [6, 6.07) is 12.4. The van der Waals surface area contributed by atoms with Gasteiger partial charge in [-0.25, -0.2) is 5.53 Å². The maximum absolute atomic E-state index is 7.56. The van der Waals surface area contributed by atoms with Crippen LogP contribution in [0.2, 0.25) is 0 Å². The number of ether oxygens (including phenoxy) is 3. The molecular weight excluding hydrogens is 426 g/mol. The van der Waals surface area contributed by atoms with Crippen LogP contribution in [-0.4, -0.2) is 39.5 Å². The number of nitrogens with zero attached hydrogens (tertiary/aromatic N) is 2. The third-order valence-electron chi connectivity index (χ3n) is 6.43. The molecule has 0 amide bonds. The van der Waals surface area contributed by atoms with Gasteiger partial charge in [0.15, 0.2) is 0 Å². The summed E-state index contributed by atoms with van der Waals surface area (Å²) in [5.41, 5.74) is 11.6. The Morgan fingerprint density at radius 1 is 1.03 bits per heavy atom. The fourth-order valence-corrected chi connectivity index (χ4v) is 3.95. The lowest BCUT2D eigenvalue weighted by Crippen LogP contribution is -2.37. The van der Waals surface area contributed by atoms with Gasteiger partial charge in [-0.1, -0.05) is 51.8 Å². The van der Waals surface area contributed by atoms with Crippen molar-refractivity contribution in [3.63, 3.8) is 0 Å². The van der Waals surface area contributed by atoms with Crippen LogP contribution < -0.4 is 14.4 Å². The molecule has 0 saturated carbocycles. The molecule has 1 unspecified atom stereocenters. The molecule has 0 spiro atoms. The smallest absolute Gasteiger partial charge is 0.149 e. The van der Waals surface area contributed by atoms with Gasteiger partial charge in [0.2, 0.25) is 0 Å². The molecular formula is C28H43N3O3. The van der Waals surface area contributed by atoms with Crippen LogP contribution in [0.4, 0.5) is 11.4 Å². The Balaban J connectivity index is 2.13. The van der Waals surface area contributed by atoms with E-state index in [0.717, 1.165) is 37.2 Å². The van der Waals surface area contributed by atoms with E-state index in [-0.39, 0.29) is 11.5 Å². The predicted molar refractivity (Wildman–Crippen MR) is 140 cm³/mol. The van der Waals surface area contributed by atoms with Gasteiger partial charge in [-0.2, -0.15) is 5.11 Å². The number of hydrogen-bond donors (Lipinski definition) is 1. The first kappa shape index (κ1) is 27.6. The van der Waals surface area contributed by atoms with Gasteiger partial charge in [-0.05, 0) is 50.3 Å². The van der Waals surface area contributed by atoms with Crippen molar-refractivity contribution in [1.29, 1.82) is 5.53 Å². The first-order valence-corrected chi connectivity index (χ1v) is 12.4. The van der Waals surface area contributed by atoms with E-state index < -0.39 is 0 Å². The Morgan fingerprint density at radius 2 is 1.74 bits per heavy atom. The van der Waals surface area contributed by atoms with Gasteiger partial charge >= 0.3 is 0 Å². The normalized spacial score (nSPS) is 12.3. The largest absolute Gasteiger partial charge is 0.490 e. The Bertz CT molecular complexity index is 914. The molecule has 2 aromatic rings. The van der Waals surface area contributed by atoms with Crippen LogP contribution in [0.15, 0.2) is 41.5 Å². The van der Waals surface area contributed by atoms with E-state index in [0.29, 0.717) is 31.3 Å². The van der Waals surface area contributed by atoms with Gasteiger partial charge in [0.1, 0.15) is 30.4 Å². The van der Waals surface area contributed by atoms with Crippen molar-refractivity contribution in [2.24, 2.45) is 5.11 Å². The van der Waals surface area contributed by atoms with Crippen molar-refractivity contribution in [3.8, 4) is 11.5 Å². The number of methoxy groups -OCH3 is 1. The highest BCUT2D eigenvalue weighted by atomic mass is 16.5. The van der Waals surface area contributed by atoms with Crippen LogP contribution >= 0.6 is 0 Å². The lowest BCUT2D eigenvalue weighted by atomic mass is 9.81. The number of aryl methyl sites for hydroxylation is 1. The van der Waals surface area contributed by atoms with Crippen LogP contribution in [0.3, 0.4) is 0 Å². The highest BCUT2D eigenvalue weighted by Gasteiger charge is 2.23. The first-order chi connectivity index (χ1) is 16.3. The molecule has 0 aliphatic heterocycles. The number of hydrogen-bond acceptors (Lipinski definition) is 6. The van der Waals surface area contributed by atoms with Crippen LogP contribution in [0.5, 0.6) is 11.5 Å². The van der Waals surface area contributed by atoms with Crippen molar-refractivity contribution in [3.05, 3.63) is 47.5 Å². The van der Waals surface area contributed by atoms with Crippen LogP contribution in [0, 0.1) is 12.5 Å². The first-order valence-electron chi connectivity index (χ1n) is 12.4. The van der Waals surface area contributed by atoms with E-state index in [1.165, 1.54) is 11.1 Å². The molecule has 0 aliphatic carbocycles. The summed E-state index contributed by atoms with van der Waals surface area (Å²) in [6.07, 6.45) is 3.24. The second-order valence-corrected chi connectivity index (χ2v) is 9.55. The summed E-state index contributed by atoms with van der Waals surface area (Å²) >= 11 is 0. The molecule has 0 radical (unpaired) electrons. The zero-order valence-corrected chi connectivity index (χ0v) is 22.1. The van der Waals surface area contributed by atoms with Gasteiger partial charge in [0, 0.05) is 37.0 Å². The number of benzene rings is 2. The Labute approximate surface area is 206 Å². The number of rotatable bonds is 15. The van der Waals surface area contributed by atoms with E-state index in [1.807, 2.05) is 18.2 Å². The average Bonchev–Trinajstić information content (AvgIpc) is 2.83. The summed E-state index contributed by atoms with van der Waals surface area (Å²) in [5, 5.41) is 3.66. The van der Waals surface area contributed by atoms with Crippen molar-refractivity contribution < 1.29 is 14.2 Å². The van der Waals surface area contributed by atoms with E-state index in [4.69, 9.17) is 19.7 Å². The molecule has 188 valence electrons. The standard InChI is InChI=1S/C28H43N3O3/c1-8-10-15-31(22(4)20-32-7)23-12-13-25(30-29)27(19-23)34-17-16-33-26-14-11-21(3)18-24(26)28(5,6)9-2/h11-14,18-19,22,29H,8-10,15-17,20H2,1-7H3. The Kier molecular flexibility index (Phi) is 10.8. The maximum atomic E-state index is 7.56. The van der Waals surface area contributed by atoms with E-state index in [1.54, 1.807) is 7.11 Å². The lowest BCUT2D eigenvalue weighted by Gasteiger charge is -2.31. The quantitative estimate of drug-likeness (QED) is 0.217. The summed E-state index contributed by atoms with van der Waals surface area (Å²) in [5.74, 6) is 1.50. The fourth-order valence-electron chi connectivity index (χ4n) is 3.95. The minimum Gasteiger partial charge on any atom is -0.490 e. The summed E-state index contributed by atoms with van der Waals surface area (Å²) in [7, 11) is 1.73. The van der Waals surface area contributed by atoms with Gasteiger partial charge in [-0.15, -0.1) is 0 Å². The van der Waals surface area contributed by atoms with Crippen molar-refractivity contribution in [1.82, 2.24) is 0 Å². The molecule has 0 bridgehead atoms. The molecule has 6 nitrogen and oxygen atoms in total. The Hall–Kier alpha value is -2.60. The summed E-state index contributed by atoms with van der Waals surface area (Å²) in [6.45, 7) is 15.5. The minimum absolute atomic E-state index is 0.0364. The molecule has 1 atom stereocenters. The van der Waals surface area contributed by atoms with Gasteiger partial charge in [0.05, 0.1) is 6.61 Å². The molecule has 1 N–H and O–H groups in total. The van der Waals surface area contributed by atoms with Gasteiger partial charge in [0.25, 0.3) is 0 Å². The summed E-state index contributed by atoms with van der Waals surface area (Å²) < 4.78 is 17.6. The molecule has 2 rings (SSSR count). The second-order valence-electron chi connectivity index (χ2n) is 9.55. The van der Waals surface area contributed by atoms with E-state index >= 15 is 0 Å². The SMILES string of the molecule is CCCCN(c1ccc(N=N)c(OCCOc2ccc(C)cc2C(C)(C)CC)c1)C(C)COC. The third kappa shape index (κ3) is 7.45. The molecule has 2 aromatic carbocycles. The van der Waals surface area contributed by atoms with Gasteiger partial charge < -0.3 is 19.1 Å². The average molecular weight is 470 g/mol. The van der Waals surface area contributed by atoms with Crippen LogP contribution in [0.25, 0.3) is 0 Å². The molecule has 0 heterocycles. The molecule has 0 saturated heterocycles. The predicted octanol–water partition coefficient (Wildman–Crippen LogP) is 7.44. The number of anilines is 1. The molecule has 0 fully saturated rings. The van der Waals surface area contributed by atoms with Crippen molar-refractivity contribution >= 4 is 11.4 Å². The van der Waals surface area contributed by atoms with E-state index in [9.17, 15) is 0 Å². The van der Waals surface area contributed by atoms with Crippen LogP contribution in [0.1, 0.15) is 65.0 Å². The number of unbranched alkanes of at least 4 members (excludes halogenated alkanes) is 1. The van der Waals surface area contributed by atoms with Crippen LogP contribution in [-0.2, 0) is 10.2 Å². The number of nitrogens with one attached hydrogen (secondary N) is 1. The van der Waals surface area contributed by atoms with Gasteiger partial charge in [-0.3, -0.25) is 0 Å². The van der Waals surface area contributed by atoms with Crippen molar-refractivity contribution in [2.75, 3.05) is 38.4 Å². The maximum Gasteiger partial charge on any atom is 0.149 e. The minimum atomic E-state index is 0.0364. The third-order valence-corrected chi connectivity index (χ3v) is 6.43. The van der Waals surface area contributed by atoms with E-state index in [2.05, 4.69) is 69.8 Å². The zero-order chi connectivity index (χ0) is 25.1. The highest BCUT2D eigenvalue weighted by Crippen LogP contribution is 2.36. The molecule has 0 aromatic heterocycles. The lowest BCUT2D eigenvalue weighted by molar-refractivity contribution is 0.181. The topological polar surface area (TPSA) is 67.1 Å². The van der Waals surface area contributed by atoms with Crippen molar-refractivity contribution in [2.45, 2.75) is 72.3 Å². The highest BCUT2D eigenvalue weighted by molar-refractivity contribution is 5.62. The fraction of sp³-hybridized carbons (Fsp3) is 0.571. The summed E-state index contributed by atoms with van der Waals surface area (Å²) in [4.78, 5) is 2.33. The Morgan fingerprint density at radius 3 is 2.35 bits per heavy atom. The molecule has 34 heavy (non-hydrogen) atoms. The molecule has 0 aliphatic rings. The molecule has 6 heteroatoms. The monoisotopic (exact) mass is 469 g/mol.